The van der Waals surface area contributed by atoms with Gasteiger partial charge in [-0.1, -0.05) is 41.5 Å². The van der Waals surface area contributed by atoms with Crippen molar-refractivity contribution in [1.82, 2.24) is 26.2 Å². The van der Waals surface area contributed by atoms with Gasteiger partial charge in [0.15, 0.2) is 0 Å². The number of rotatable bonds is 20. The molecule has 268 valence electrons. The number of hydrogen-bond donors (Lipinski definition) is 8. The Balaban J connectivity index is 3.06. The molecule has 1 fully saturated rings. The number of carbonyl (C=O) groups excluding carboxylic acids is 5. The normalized spacial score (nSPS) is 17.9. The van der Waals surface area contributed by atoms with E-state index in [4.69, 9.17) is 10.8 Å². The second-order valence-corrected chi connectivity index (χ2v) is 13.4. The molecule has 1 aliphatic rings. The highest BCUT2D eigenvalue weighted by atomic mass is 16.4. The maximum absolute atomic E-state index is 13.5. The lowest BCUT2D eigenvalue weighted by atomic mass is 10.00. The van der Waals surface area contributed by atoms with E-state index in [1.165, 1.54) is 4.90 Å². The minimum atomic E-state index is -1.45. The Labute approximate surface area is 275 Å². The number of aliphatic hydroxyl groups excluding tert-OH is 1. The van der Waals surface area contributed by atoms with Gasteiger partial charge in [-0.05, 0) is 56.3 Å². The molecule has 0 aliphatic carbocycles. The molecule has 0 aromatic carbocycles. The first-order valence-corrected chi connectivity index (χ1v) is 16.2. The predicted molar refractivity (Wildman–Crippen MR) is 170 cm³/mol. The van der Waals surface area contributed by atoms with Gasteiger partial charge < -0.3 is 47.2 Å². The molecule has 1 heterocycles. The zero-order valence-electron chi connectivity index (χ0n) is 28.3. The molecule has 1 rings (SSSR count). The van der Waals surface area contributed by atoms with Gasteiger partial charge >= 0.3 is 11.9 Å². The van der Waals surface area contributed by atoms with E-state index in [2.05, 4.69) is 21.3 Å². The maximum atomic E-state index is 13.5. The number of aliphatic hydroxyl groups is 1. The Morgan fingerprint density at radius 1 is 0.723 bits per heavy atom. The molecule has 9 N–H and O–H groups in total. The van der Waals surface area contributed by atoms with Crippen LogP contribution in [0, 0.1) is 17.8 Å². The number of aliphatic carboxylic acids is 2. The van der Waals surface area contributed by atoms with E-state index >= 15 is 0 Å². The lowest BCUT2D eigenvalue weighted by Crippen LogP contribution is -2.60. The van der Waals surface area contributed by atoms with Crippen LogP contribution in [0.5, 0.6) is 0 Å². The summed E-state index contributed by atoms with van der Waals surface area (Å²) in [6, 6.07) is -6.99. The topological polar surface area (TPSA) is 258 Å². The molecular weight excluding hydrogens is 616 g/mol. The Hall–Kier alpha value is -3.79. The van der Waals surface area contributed by atoms with Crippen LogP contribution in [-0.2, 0) is 33.6 Å². The average Bonchev–Trinajstić information content (AvgIpc) is 3.46. The number of nitrogens with zero attached hydrogens (tertiary/aromatic N) is 1. The van der Waals surface area contributed by atoms with Crippen LogP contribution < -0.4 is 27.0 Å². The Morgan fingerprint density at radius 3 is 1.66 bits per heavy atom. The molecule has 16 heteroatoms. The number of amides is 5. The first-order chi connectivity index (χ1) is 21.9. The zero-order valence-corrected chi connectivity index (χ0v) is 28.3. The van der Waals surface area contributed by atoms with E-state index in [-0.39, 0.29) is 62.8 Å². The third kappa shape index (κ3) is 14.2. The summed E-state index contributed by atoms with van der Waals surface area (Å²) in [5.41, 5.74) is 5.79. The van der Waals surface area contributed by atoms with Crippen LogP contribution in [0.15, 0.2) is 0 Å². The molecule has 0 spiro atoms. The van der Waals surface area contributed by atoms with Crippen LogP contribution >= 0.6 is 0 Å². The monoisotopic (exact) mass is 670 g/mol. The molecule has 6 atom stereocenters. The van der Waals surface area contributed by atoms with Crippen molar-refractivity contribution in [3.05, 3.63) is 0 Å². The van der Waals surface area contributed by atoms with Crippen LogP contribution in [-0.4, -0.2) is 111 Å². The van der Waals surface area contributed by atoms with Gasteiger partial charge in [-0.15, -0.1) is 0 Å². The van der Waals surface area contributed by atoms with Crippen LogP contribution in [0.2, 0.25) is 0 Å². The number of likely N-dealkylation sites (tertiary alicyclic amines) is 1. The van der Waals surface area contributed by atoms with Gasteiger partial charge in [0.05, 0.1) is 12.6 Å². The molecule has 0 aromatic rings. The van der Waals surface area contributed by atoms with Crippen LogP contribution in [0.25, 0.3) is 0 Å². The highest BCUT2D eigenvalue weighted by Crippen LogP contribution is 2.20. The first kappa shape index (κ1) is 41.2. The molecule has 0 aromatic heterocycles. The predicted octanol–water partition coefficient (Wildman–Crippen LogP) is -0.676. The first-order valence-electron chi connectivity index (χ1n) is 16.2. The molecule has 0 radical (unpaired) electrons. The SMILES string of the molecule is CC(C)C[C@H](NC(=O)[C@H](CC(C)C)NC(=O)[C@@H]1CCCN1C(=O)[C@H](CO)NC(=O)[C@H](CC(C)C)NC(=O)[C@@H](N)CCC(=O)O)C(=O)O. The molecular formula is C31H54N6O10. The number of carbonyl (C=O) groups is 7. The van der Waals surface area contributed by atoms with Crippen LogP contribution in [0.4, 0.5) is 0 Å². The number of nitrogens with one attached hydrogen (secondary N) is 4. The summed E-state index contributed by atoms with van der Waals surface area (Å²) in [5, 5.41) is 38.6. The zero-order chi connectivity index (χ0) is 36.0. The van der Waals surface area contributed by atoms with E-state index in [1.807, 2.05) is 27.7 Å². The van der Waals surface area contributed by atoms with Crippen molar-refractivity contribution in [3.63, 3.8) is 0 Å². The molecule has 1 aliphatic heterocycles. The van der Waals surface area contributed by atoms with Crippen molar-refractivity contribution in [2.24, 2.45) is 23.5 Å². The van der Waals surface area contributed by atoms with E-state index in [0.29, 0.717) is 6.42 Å². The van der Waals surface area contributed by atoms with Gasteiger partial charge in [-0.2, -0.15) is 0 Å². The minimum absolute atomic E-state index is 0.00845. The second-order valence-electron chi connectivity index (χ2n) is 13.4. The quantitative estimate of drug-likeness (QED) is 0.0805. The molecule has 0 bridgehead atoms. The van der Waals surface area contributed by atoms with Gasteiger partial charge in [0.2, 0.25) is 29.5 Å². The summed E-state index contributed by atoms with van der Waals surface area (Å²) in [4.78, 5) is 89.7. The van der Waals surface area contributed by atoms with Crippen molar-refractivity contribution >= 4 is 41.5 Å². The number of carboxylic acids is 2. The Kier molecular flexibility index (Phi) is 17.3. The molecule has 16 nitrogen and oxygen atoms in total. The Bertz CT molecular complexity index is 1110. The smallest absolute Gasteiger partial charge is 0.326 e. The van der Waals surface area contributed by atoms with Crippen molar-refractivity contribution < 1.29 is 48.9 Å². The summed E-state index contributed by atoms with van der Waals surface area (Å²) in [6.45, 7) is 10.3. The summed E-state index contributed by atoms with van der Waals surface area (Å²) >= 11 is 0. The summed E-state index contributed by atoms with van der Waals surface area (Å²) in [6.07, 6.45) is 0.768. The molecule has 47 heavy (non-hydrogen) atoms. The third-order valence-electron chi connectivity index (χ3n) is 7.64. The van der Waals surface area contributed by atoms with Crippen LogP contribution in [0.1, 0.15) is 86.5 Å². The van der Waals surface area contributed by atoms with E-state index in [1.54, 1.807) is 13.8 Å². The van der Waals surface area contributed by atoms with Gasteiger partial charge in [0, 0.05) is 13.0 Å². The average molecular weight is 671 g/mol. The minimum Gasteiger partial charge on any atom is -0.481 e. The van der Waals surface area contributed by atoms with Gasteiger partial charge in [0.1, 0.15) is 30.2 Å². The Morgan fingerprint density at radius 2 is 1.19 bits per heavy atom. The molecule has 1 saturated heterocycles. The number of hydrogen-bond acceptors (Lipinski definition) is 9. The number of carboxylic acid groups (broad SMARTS) is 2. The highest BCUT2D eigenvalue weighted by Gasteiger charge is 2.40. The van der Waals surface area contributed by atoms with Crippen molar-refractivity contribution in [1.29, 1.82) is 0 Å². The standard InChI is InChI=1S/C31H54N6O10/c1-16(2)12-20(33-26(41)19(32)9-10-25(39)40)28(43)36-23(15-38)30(45)37-11-7-8-24(37)29(44)34-21(13-17(3)4)27(42)35-22(31(46)47)14-18(5)6/h16-24,38H,7-15,32H2,1-6H3,(H,33,41)(H,34,44)(H,35,42)(H,36,43)(H,39,40)(H,46,47)/t19-,20-,21-,22-,23-,24-/m0/s1. The molecule has 0 unspecified atom stereocenters. The fourth-order valence-corrected chi connectivity index (χ4v) is 5.29. The molecule has 5 amide bonds. The van der Waals surface area contributed by atoms with E-state index < -0.39 is 84.3 Å². The fraction of sp³-hybridized carbons (Fsp3) is 0.774. The van der Waals surface area contributed by atoms with E-state index in [9.17, 15) is 43.8 Å². The maximum Gasteiger partial charge on any atom is 0.326 e. The summed E-state index contributed by atoms with van der Waals surface area (Å²) in [5.74, 6) is -5.98. The summed E-state index contributed by atoms with van der Waals surface area (Å²) < 4.78 is 0. The lowest BCUT2D eigenvalue weighted by molar-refractivity contribution is -0.144. The fourth-order valence-electron chi connectivity index (χ4n) is 5.29. The second kappa shape index (κ2) is 19.8. The van der Waals surface area contributed by atoms with Crippen molar-refractivity contribution in [3.8, 4) is 0 Å². The highest BCUT2D eigenvalue weighted by molar-refractivity contribution is 5.96. The summed E-state index contributed by atoms with van der Waals surface area (Å²) in [7, 11) is 0. The molecule has 0 saturated carbocycles. The lowest BCUT2D eigenvalue weighted by Gasteiger charge is -2.30. The van der Waals surface area contributed by atoms with Crippen molar-refractivity contribution in [2.45, 2.75) is 123 Å². The van der Waals surface area contributed by atoms with E-state index in [0.717, 1.165) is 0 Å². The van der Waals surface area contributed by atoms with Gasteiger partial charge in [-0.25, -0.2) is 4.79 Å². The van der Waals surface area contributed by atoms with Crippen LogP contribution in [0.3, 0.4) is 0 Å². The third-order valence-corrected chi connectivity index (χ3v) is 7.64. The largest absolute Gasteiger partial charge is 0.481 e. The number of nitrogens with two attached hydrogens (primary N) is 1. The van der Waals surface area contributed by atoms with Crippen molar-refractivity contribution in [2.75, 3.05) is 13.2 Å². The van der Waals surface area contributed by atoms with Gasteiger partial charge in [-0.3, -0.25) is 28.8 Å². The van der Waals surface area contributed by atoms with Gasteiger partial charge in [0.25, 0.3) is 0 Å².